The summed E-state index contributed by atoms with van der Waals surface area (Å²) in [5.74, 6) is -1.52. The van der Waals surface area contributed by atoms with Gasteiger partial charge in [-0.05, 0) is 24.6 Å². The maximum atomic E-state index is 11.3. The molecule has 1 aromatic rings. The number of carbonyl (C=O) groups is 2. The first-order chi connectivity index (χ1) is 9.02. The van der Waals surface area contributed by atoms with Gasteiger partial charge in [0.2, 0.25) is 0 Å². The monoisotopic (exact) mass is 263 g/mol. The molecule has 1 heterocycles. The number of rotatable bonds is 3. The third-order valence-corrected chi connectivity index (χ3v) is 2.69. The number of hydrogen-bond donors (Lipinski definition) is 3. The van der Waals surface area contributed by atoms with Crippen molar-refractivity contribution in [1.29, 1.82) is 0 Å². The van der Waals surface area contributed by atoms with E-state index in [0.717, 1.165) is 5.56 Å². The van der Waals surface area contributed by atoms with Crippen molar-refractivity contribution in [2.45, 2.75) is 6.92 Å². The zero-order valence-corrected chi connectivity index (χ0v) is 10.4. The molecule has 0 amide bonds. The molecule has 0 fully saturated rings. The highest BCUT2D eigenvalue weighted by molar-refractivity contribution is 5.90. The van der Waals surface area contributed by atoms with Gasteiger partial charge in [0, 0.05) is 0 Å². The van der Waals surface area contributed by atoms with Gasteiger partial charge in [-0.2, -0.15) is 0 Å². The van der Waals surface area contributed by atoms with Crippen LogP contribution in [0.5, 0.6) is 0 Å². The van der Waals surface area contributed by atoms with E-state index in [0.29, 0.717) is 5.69 Å². The predicted molar refractivity (Wildman–Crippen MR) is 67.0 cm³/mol. The highest BCUT2D eigenvalue weighted by atomic mass is 16.5. The molecule has 100 valence electrons. The van der Waals surface area contributed by atoms with E-state index >= 15 is 0 Å². The van der Waals surface area contributed by atoms with E-state index in [2.05, 4.69) is 15.7 Å². The Morgan fingerprint density at radius 1 is 1.37 bits per heavy atom. The smallest absolute Gasteiger partial charge is 0.357 e. The molecule has 7 nitrogen and oxygen atoms in total. The minimum absolute atomic E-state index is 0.169. The fraction of sp³-hybridized carbons (Fsp3) is 0.167. The van der Waals surface area contributed by atoms with Gasteiger partial charge in [0.25, 0.3) is 0 Å². The second kappa shape index (κ2) is 4.99. The van der Waals surface area contributed by atoms with E-state index in [1.807, 2.05) is 6.92 Å². The molecule has 0 unspecified atom stereocenters. The van der Waals surface area contributed by atoms with Gasteiger partial charge in [-0.15, -0.1) is 5.53 Å². The fourth-order valence-electron chi connectivity index (χ4n) is 1.66. The number of benzene rings is 1. The van der Waals surface area contributed by atoms with Crippen molar-refractivity contribution in [2.75, 3.05) is 12.1 Å². The third-order valence-electron chi connectivity index (χ3n) is 2.69. The first-order valence-electron chi connectivity index (χ1n) is 5.48. The van der Waals surface area contributed by atoms with Crippen molar-refractivity contribution in [1.82, 2.24) is 11.0 Å². The van der Waals surface area contributed by atoms with Crippen molar-refractivity contribution >= 4 is 17.6 Å². The van der Waals surface area contributed by atoms with E-state index in [1.165, 1.54) is 30.5 Å². The van der Waals surface area contributed by atoms with Crippen LogP contribution in [0.1, 0.15) is 15.9 Å². The molecular formula is C12H13N3O4. The number of hydrazine groups is 2. The number of hydrogen-bond acceptors (Lipinski definition) is 6. The molecule has 1 aliphatic heterocycles. The molecule has 0 saturated carbocycles. The SMILES string of the molecule is COC(=O)C1=CN(c2cc(C(=O)O)ccc2C)NN1. The minimum Gasteiger partial charge on any atom is -0.478 e. The molecule has 0 aromatic heterocycles. The van der Waals surface area contributed by atoms with E-state index in [1.54, 1.807) is 6.07 Å². The molecule has 3 N–H and O–H groups in total. The molecular weight excluding hydrogens is 250 g/mol. The summed E-state index contributed by atoms with van der Waals surface area (Å²) in [7, 11) is 1.28. The molecule has 0 bridgehead atoms. The van der Waals surface area contributed by atoms with E-state index in [-0.39, 0.29) is 11.3 Å². The number of methoxy groups -OCH3 is 1. The first kappa shape index (κ1) is 12.9. The number of esters is 1. The Morgan fingerprint density at radius 2 is 2.11 bits per heavy atom. The number of anilines is 1. The van der Waals surface area contributed by atoms with Crippen molar-refractivity contribution in [2.24, 2.45) is 0 Å². The van der Waals surface area contributed by atoms with Crippen molar-refractivity contribution < 1.29 is 19.4 Å². The molecule has 0 radical (unpaired) electrons. The fourth-order valence-corrected chi connectivity index (χ4v) is 1.66. The molecule has 1 aliphatic rings. The van der Waals surface area contributed by atoms with Crippen LogP contribution in [-0.2, 0) is 9.53 Å². The summed E-state index contributed by atoms with van der Waals surface area (Å²) in [6, 6.07) is 4.74. The zero-order valence-electron chi connectivity index (χ0n) is 10.4. The Balaban J connectivity index is 2.33. The van der Waals surface area contributed by atoms with Crippen LogP contribution in [0.15, 0.2) is 30.1 Å². The Bertz CT molecular complexity index is 568. The van der Waals surface area contributed by atoms with Crippen molar-refractivity contribution in [3.8, 4) is 0 Å². The van der Waals surface area contributed by atoms with Gasteiger partial charge >= 0.3 is 11.9 Å². The van der Waals surface area contributed by atoms with Crippen LogP contribution >= 0.6 is 0 Å². The number of nitrogens with one attached hydrogen (secondary N) is 2. The molecule has 0 spiro atoms. The normalized spacial score (nSPS) is 13.8. The Labute approximate surface area is 109 Å². The van der Waals surface area contributed by atoms with Crippen LogP contribution in [0.25, 0.3) is 0 Å². The number of carboxylic acid groups (broad SMARTS) is 1. The quantitative estimate of drug-likeness (QED) is 0.685. The molecule has 0 atom stereocenters. The average Bonchev–Trinajstić information content (AvgIpc) is 2.87. The number of aryl methyl sites for hydroxylation is 1. The van der Waals surface area contributed by atoms with Crippen molar-refractivity contribution in [3.05, 3.63) is 41.2 Å². The number of carboxylic acids is 1. The van der Waals surface area contributed by atoms with E-state index in [4.69, 9.17) is 5.11 Å². The maximum Gasteiger partial charge on any atom is 0.357 e. The summed E-state index contributed by atoms with van der Waals surface area (Å²) in [6.45, 7) is 1.84. The van der Waals surface area contributed by atoms with E-state index in [9.17, 15) is 9.59 Å². The highest BCUT2D eigenvalue weighted by Gasteiger charge is 2.21. The van der Waals surface area contributed by atoms with Crippen LogP contribution in [0.3, 0.4) is 0 Å². The summed E-state index contributed by atoms with van der Waals surface area (Å²) < 4.78 is 4.58. The summed E-state index contributed by atoms with van der Waals surface area (Å²) in [5.41, 5.74) is 7.29. The molecule has 19 heavy (non-hydrogen) atoms. The largest absolute Gasteiger partial charge is 0.478 e. The van der Waals surface area contributed by atoms with Crippen LogP contribution in [0.2, 0.25) is 0 Å². The zero-order chi connectivity index (χ0) is 14.0. The summed E-state index contributed by atoms with van der Waals surface area (Å²) in [4.78, 5) is 22.3. The summed E-state index contributed by atoms with van der Waals surface area (Å²) in [6.07, 6.45) is 1.50. The summed E-state index contributed by atoms with van der Waals surface area (Å²) >= 11 is 0. The van der Waals surface area contributed by atoms with Crippen LogP contribution in [0.4, 0.5) is 5.69 Å². The summed E-state index contributed by atoms with van der Waals surface area (Å²) in [5, 5.41) is 10.5. The molecule has 7 heteroatoms. The molecule has 0 saturated heterocycles. The molecule has 1 aromatic carbocycles. The topological polar surface area (TPSA) is 90.9 Å². The van der Waals surface area contributed by atoms with Gasteiger partial charge in [0.15, 0.2) is 5.70 Å². The third kappa shape index (κ3) is 2.50. The number of aromatic carboxylic acids is 1. The van der Waals surface area contributed by atoms with E-state index < -0.39 is 11.9 Å². The van der Waals surface area contributed by atoms with Crippen LogP contribution in [-0.4, -0.2) is 24.2 Å². The van der Waals surface area contributed by atoms with Crippen LogP contribution < -0.4 is 16.0 Å². The number of carbonyl (C=O) groups excluding carboxylic acids is 1. The Kier molecular flexibility index (Phi) is 3.39. The average molecular weight is 263 g/mol. The highest BCUT2D eigenvalue weighted by Crippen LogP contribution is 2.22. The van der Waals surface area contributed by atoms with Gasteiger partial charge in [0.05, 0.1) is 24.6 Å². The first-order valence-corrected chi connectivity index (χ1v) is 5.48. The van der Waals surface area contributed by atoms with Gasteiger partial charge in [-0.3, -0.25) is 10.4 Å². The Morgan fingerprint density at radius 3 is 2.74 bits per heavy atom. The lowest BCUT2D eigenvalue weighted by Gasteiger charge is -2.18. The van der Waals surface area contributed by atoms with Crippen LogP contribution in [0, 0.1) is 6.92 Å². The Hall–Kier alpha value is -2.54. The van der Waals surface area contributed by atoms with Gasteiger partial charge in [-0.1, -0.05) is 6.07 Å². The second-order valence-corrected chi connectivity index (χ2v) is 3.95. The standard InChI is InChI=1S/C12H13N3O4/c1-7-3-4-8(11(16)17)5-10(7)15-6-9(13-14-15)12(18)19-2/h3-6,13-14H,1-2H3,(H,16,17). The lowest BCUT2D eigenvalue weighted by molar-refractivity contribution is -0.136. The number of ether oxygens (including phenoxy) is 1. The second-order valence-electron chi connectivity index (χ2n) is 3.95. The maximum absolute atomic E-state index is 11.3. The lowest BCUT2D eigenvalue weighted by atomic mass is 10.1. The minimum atomic E-state index is -1.01. The lowest BCUT2D eigenvalue weighted by Crippen LogP contribution is -2.37. The van der Waals surface area contributed by atoms with Gasteiger partial charge < -0.3 is 9.84 Å². The number of nitrogens with zero attached hydrogens (tertiary/aromatic N) is 1. The van der Waals surface area contributed by atoms with Gasteiger partial charge in [0.1, 0.15) is 0 Å². The molecule has 0 aliphatic carbocycles. The van der Waals surface area contributed by atoms with Gasteiger partial charge in [-0.25, -0.2) is 9.59 Å². The molecule has 2 rings (SSSR count). The van der Waals surface area contributed by atoms with Crippen molar-refractivity contribution in [3.63, 3.8) is 0 Å². The predicted octanol–water partition coefficient (Wildman–Crippen LogP) is 0.537.